The first kappa shape index (κ1) is 19.3. The van der Waals surface area contributed by atoms with Gasteiger partial charge in [0.2, 0.25) is 5.91 Å². The summed E-state index contributed by atoms with van der Waals surface area (Å²) in [6.07, 6.45) is 7.98. The second-order valence-corrected chi connectivity index (χ2v) is 7.64. The monoisotopic (exact) mass is 389 g/mol. The van der Waals surface area contributed by atoms with Gasteiger partial charge in [-0.05, 0) is 62.2 Å². The van der Waals surface area contributed by atoms with Crippen LogP contribution in [0.25, 0.3) is 22.4 Å². The summed E-state index contributed by atoms with van der Waals surface area (Å²) in [7, 11) is 1.93. The molecule has 1 saturated heterocycles. The number of likely N-dealkylation sites (tertiary alicyclic amines) is 1. The summed E-state index contributed by atoms with van der Waals surface area (Å²) in [6.45, 7) is 4.54. The molecule has 0 saturated carbocycles. The van der Waals surface area contributed by atoms with Crippen molar-refractivity contribution < 1.29 is 4.79 Å². The SMILES string of the molecule is C[C@H](C(=O)NCc1cccc(-c2nn(C)cc2-c2ccncc2)c1)N1CCCC1. The lowest BCUT2D eigenvalue weighted by molar-refractivity contribution is -0.125. The van der Waals surface area contributed by atoms with Crippen LogP contribution < -0.4 is 5.32 Å². The second kappa shape index (κ2) is 8.57. The minimum Gasteiger partial charge on any atom is -0.351 e. The molecule has 0 spiro atoms. The number of carbonyl (C=O) groups excluding carboxylic acids is 1. The van der Waals surface area contributed by atoms with Crippen molar-refractivity contribution in [1.82, 2.24) is 25.0 Å². The topological polar surface area (TPSA) is 63.1 Å². The van der Waals surface area contributed by atoms with Gasteiger partial charge in [0.1, 0.15) is 5.69 Å². The van der Waals surface area contributed by atoms with E-state index in [0.29, 0.717) is 6.54 Å². The van der Waals surface area contributed by atoms with E-state index in [0.717, 1.165) is 41.0 Å². The van der Waals surface area contributed by atoms with Crippen LogP contribution in [0.1, 0.15) is 25.3 Å². The quantitative estimate of drug-likeness (QED) is 0.703. The molecule has 3 aromatic rings. The minimum absolute atomic E-state index is 0.0743. The van der Waals surface area contributed by atoms with Crippen molar-refractivity contribution in [1.29, 1.82) is 0 Å². The Hall–Kier alpha value is -2.99. The Kier molecular flexibility index (Phi) is 5.71. The predicted octanol–water partition coefficient (Wildman–Crippen LogP) is 3.25. The van der Waals surface area contributed by atoms with E-state index in [1.54, 1.807) is 12.4 Å². The molecule has 3 heterocycles. The van der Waals surface area contributed by atoms with E-state index < -0.39 is 0 Å². The standard InChI is InChI=1S/C23H27N5O/c1-17(28-12-3-4-13-28)23(29)25-15-18-6-5-7-20(14-18)22-21(16-27(2)26-22)19-8-10-24-11-9-19/h5-11,14,16-17H,3-4,12-13,15H2,1-2H3,(H,25,29)/t17-/m1/s1. The highest BCUT2D eigenvalue weighted by molar-refractivity contribution is 5.82. The summed E-state index contributed by atoms with van der Waals surface area (Å²) in [4.78, 5) is 18.9. The number of pyridine rings is 1. The van der Waals surface area contributed by atoms with Crippen molar-refractivity contribution in [3.05, 3.63) is 60.6 Å². The van der Waals surface area contributed by atoms with E-state index in [1.165, 1.54) is 12.8 Å². The second-order valence-electron chi connectivity index (χ2n) is 7.64. The maximum absolute atomic E-state index is 12.5. The van der Waals surface area contributed by atoms with Gasteiger partial charge >= 0.3 is 0 Å². The average Bonchev–Trinajstić information content (AvgIpc) is 3.42. The number of nitrogens with zero attached hydrogens (tertiary/aromatic N) is 4. The largest absolute Gasteiger partial charge is 0.351 e. The summed E-state index contributed by atoms with van der Waals surface area (Å²) in [5.41, 5.74) is 5.19. The molecule has 1 aromatic carbocycles. The summed E-state index contributed by atoms with van der Waals surface area (Å²) >= 11 is 0. The van der Waals surface area contributed by atoms with Gasteiger partial charge in [0.15, 0.2) is 0 Å². The van der Waals surface area contributed by atoms with Crippen LogP contribution in [-0.4, -0.2) is 44.7 Å². The van der Waals surface area contributed by atoms with Gasteiger partial charge in [-0.2, -0.15) is 5.10 Å². The highest BCUT2D eigenvalue weighted by Gasteiger charge is 2.23. The first-order chi connectivity index (χ1) is 14.1. The number of rotatable bonds is 6. The van der Waals surface area contributed by atoms with E-state index in [1.807, 2.05) is 49.1 Å². The number of aryl methyl sites for hydroxylation is 1. The van der Waals surface area contributed by atoms with Crippen LogP contribution in [-0.2, 0) is 18.4 Å². The number of carbonyl (C=O) groups is 1. The summed E-state index contributed by atoms with van der Waals surface area (Å²) in [6, 6.07) is 12.1. The molecule has 1 amide bonds. The normalized spacial score (nSPS) is 15.4. The molecular formula is C23H27N5O. The van der Waals surface area contributed by atoms with Crippen LogP contribution in [0.2, 0.25) is 0 Å². The van der Waals surface area contributed by atoms with Gasteiger partial charge < -0.3 is 5.32 Å². The molecule has 6 nitrogen and oxygen atoms in total. The van der Waals surface area contributed by atoms with Gasteiger partial charge in [-0.15, -0.1) is 0 Å². The number of hydrogen-bond acceptors (Lipinski definition) is 4. The zero-order chi connectivity index (χ0) is 20.2. The molecule has 4 rings (SSSR count). The van der Waals surface area contributed by atoms with Gasteiger partial charge in [-0.1, -0.05) is 18.2 Å². The first-order valence-electron chi connectivity index (χ1n) is 10.2. The molecule has 0 aliphatic carbocycles. The molecule has 1 fully saturated rings. The number of hydrogen-bond donors (Lipinski definition) is 1. The van der Waals surface area contributed by atoms with Crippen molar-refractivity contribution in [2.45, 2.75) is 32.4 Å². The predicted molar refractivity (Wildman–Crippen MR) is 114 cm³/mol. The van der Waals surface area contributed by atoms with Crippen LogP contribution in [0, 0.1) is 0 Å². The molecule has 29 heavy (non-hydrogen) atoms. The Morgan fingerprint density at radius 1 is 1.14 bits per heavy atom. The molecule has 150 valence electrons. The first-order valence-corrected chi connectivity index (χ1v) is 10.2. The highest BCUT2D eigenvalue weighted by atomic mass is 16.2. The maximum Gasteiger partial charge on any atom is 0.237 e. The molecule has 6 heteroatoms. The van der Waals surface area contributed by atoms with Crippen molar-refractivity contribution >= 4 is 5.91 Å². The van der Waals surface area contributed by atoms with Crippen molar-refractivity contribution in [2.75, 3.05) is 13.1 Å². The number of nitrogens with one attached hydrogen (secondary N) is 1. The Morgan fingerprint density at radius 3 is 2.66 bits per heavy atom. The Morgan fingerprint density at radius 2 is 1.90 bits per heavy atom. The average molecular weight is 390 g/mol. The number of amides is 1. The number of benzene rings is 1. The summed E-state index contributed by atoms with van der Waals surface area (Å²) in [5, 5.41) is 7.77. The van der Waals surface area contributed by atoms with E-state index in [4.69, 9.17) is 0 Å². The lowest BCUT2D eigenvalue weighted by Gasteiger charge is -2.22. The minimum atomic E-state index is -0.0743. The molecule has 1 aliphatic heterocycles. The van der Waals surface area contributed by atoms with Gasteiger partial charge in [0.05, 0.1) is 6.04 Å². The van der Waals surface area contributed by atoms with E-state index in [-0.39, 0.29) is 11.9 Å². The molecule has 0 bridgehead atoms. The molecule has 0 radical (unpaired) electrons. The van der Waals surface area contributed by atoms with Crippen LogP contribution in [0.4, 0.5) is 0 Å². The third-order valence-corrected chi connectivity index (χ3v) is 5.56. The van der Waals surface area contributed by atoms with Crippen LogP contribution in [0.15, 0.2) is 55.0 Å². The number of aromatic nitrogens is 3. The highest BCUT2D eigenvalue weighted by Crippen LogP contribution is 2.30. The Labute approximate surface area is 171 Å². The fourth-order valence-corrected chi connectivity index (χ4v) is 3.90. The van der Waals surface area contributed by atoms with Gasteiger partial charge in [-0.25, -0.2) is 0 Å². The molecule has 1 aliphatic rings. The van der Waals surface area contributed by atoms with Gasteiger partial charge in [-0.3, -0.25) is 19.4 Å². The Balaban J connectivity index is 1.50. The molecule has 1 N–H and O–H groups in total. The van der Waals surface area contributed by atoms with Crippen LogP contribution >= 0.6 is 0 Å². The summed E-state index contributed by atoms with van der Waals surface area (Å²) < 4.78 is 1.83. The van der Waals surface area contributed by atoms with Gasteiger partial charge in [0, 0.05) is 43.3 Å². The fourth-order valence-electron chi connectivity index (χ4n) is 3.90. The smallest absolute Gasteiger partial charge is 0.237 e. The van der Waals surface area contributed by atoms with Crippen LogP contribution in [0.3, 0.4) is 0 Å². The van der Waals surface area contributed by atoms with Crippen molar-refractivity contribution in [2.24, 2.45) is 7.05 Å². The maximum atomic E-state index is 12.5. The molecule has 1 atom stereocenters. The molecular weight excluding hydrogens is 362 g/mol. The lowest BCUT2D eigenvalue weighted by Crippen LogP contribution is -2.43. The van der Waals surface area contributed by atoms with E-state index in [9.17, 15) is 4.79 Å². The molecule has 2 aromatic heterocycles. The van der Waals surface area contributed by atoms with E-state index in [2.05, 4.69) is 32.4 Å². The fraction of sp³-hybridized carbons (Fsp3) is 0.348. The zero-order valence-corrected chi connectivity index (χ0v) is 17.0. The van der Waals surface area contributed by atoms with Crippen LogP contribution in [0.5, 0.6) is 0 Å². The van der Waals surface area contributed by atoms with Gasteiger partial charge in [0.25, 0.3) is 0 Å². The zero-order valence-electron chi connectivity index (χ0n) is 17.0. The summed E-state index contributed by atoms with van der Waals surface area (Å²) in [5.74, 6) is 0.0904. The van der Waals surface area contributed by atoms with Crippen molar-refractivity contribution in [3.8, 4) is 22.4 Å². The lowest BCUT2D eigenvalue weighted by atomic mass is 10.0. The third kappa shape index (κ3) is 4.38. The van der Waals surface area contributed by atoms with E-state index >= 15 is 0 Å². The van der Waals surface area contributed by atoms with Crippen molar-refractivity contribution in [3.63, 3.8) is 0 Å². The Bertz CT molecular complexity index is 976. The molecule has 0 unspecified atom stereocenters. The third-order valence-electron chi connectivity index (χ3n) is 5.56.